The van der Waals surface area contributed by atoms with Crippen molar-refractivity contribution in [3.63, 3.8) is 0 Å². The van der Waals surface area contributed by atoms with Crippen molar-refractivity contribution in [2.24, 2.45) is 4.99 Å². The summed E-state index contributed by atoms with van der Waals surface area (Å²) in [7, 11) is 0. The summed E-state index contributed by atoms with van der Waals surface area (Å²) in [5.74, 6) is -1.29. The number of aliphatic imine (C=N–C) groups is 1. The van der Waals surface area contributed by atoms with Gasteiger partial charge in [0.2, 0.25) is 0 Å². The van der Waals surface area contributed by atoms with E-state index in [-0.39, 0.29) is 39.7 Å². The number of ether oxygens (including phenoxy) is 1. The zero-order valence-electron chi connectivity index (χ0n) is 18.9. The van der Waals surface area contributed by atoms with E-state index in [4.69, 9.17) is 33.0 Å². The van der Waals surface area contributed by atoms with Gasteiger partial charge in [-0.25, -0.2) is 14.2 Å². The van der Waals surface area contributed by atoms with Crippen LogP contribution in [0.5, 0.6) is 5.75 Å². The molecule has 1 heterocycles. The Bertz CT molecular complexity index is 1350. The van der Waals surface area contributed by atoms with Crippen LogP contribution in [0.2, 0.25) is 10.0 Å². The van der Waals surface area contributed by atoms with E-state index >= 15 is 0 Å². The molecule has 0 atom stereocenters. The Balaban J connectivity index is 1.54. The third-order valence-corrected chi connectivity index (χ3v) is 6.73. The summed E-state index contributed by atoms with van der Waals surface area (Å²) in [4.78, 5) is 30.5. The molecule has 6 nitrogen and oxygen atoms in total. The quantitative estimate of drug-likeness (QED) is 0.323. The SMILES string of the molecule is CCN1C(=O)C(=Cc2cc(Cl)c(OCc3ccc(F)cc3)c(Cl)c2)SC1=Nc1ccc(C(=O)O)cc1. The van der Waals surface area contributed by atoms with Crippen molar-refractivity contribution < 1.29 is 23.8 Å². The highest BCUT2D eigenvalue weighted by Gasteiger charge is 2.32. The van der Waals surface area contributed by atoms with Crippen molar-refractivity contribution in [2.75, 3.05) is 6.54 Å². The molecule has 1 amide bonds. The summed E-state index contributed by atoms with van der Waals surface area (Å²) in [5.41, 5.74) is 2.05. The van der Waals surface area contributed by atoms with Gasteiger partial charge in [-0.3, -0.25) is 9.69 Å². The highest BCUT2D eigenvalue weighted by Crippen LogP contribution is 2.38. The Labute approximate surface area is 221 Å². The molecule has 1 aliphatic heterocycles. The molecule has 184 valence electrons. The second-order valence-corrected chi connectivity index (χ2v) is 9.46. The third-order valence-electron chi connectivity index (χ3n) is 5.16. The van der Waals surface area contributed by atoms with E-state index in [2.05, 4.69) is 4.99 Å². The fourth-order valence-electron chi connectivity index (χ4n) is 3.35. The highest BCUT2D eigenvalue weighted by molar-refractivity contribution is 8.18. The summed E-state index contributed by atoms with van der Waals surface area (Å²) in [6.07, 6.45) is 1.67. The fourth-order valence-corrected chi connectivity index (χ4v) is 5.02. The molecule has 0 unspecified atom stereocenters. The van der Waals surface area contributed by atoms with Crippen molar-refractivity contribution in [1.29, 1.82) is 0 Å². The van der Waals surface area contributed by atoms with Gasteiger partial charge < -0.3 is 9.84 Å². The highest BCUT2D eigenvalue weighted by atomic mass is 35.5. The number of carbonyl (C=O) groups is 2. The van der Waals surface area contributed by atoms with Crippen LogP contribution >= 0.6 is 35.0 Å². The maximum absolute atomic E-state index is 13.1. The fraction of sp³-hybridized carbons (Fsp3) is 0.115. The van der Waals surface area contributed by atoms with Crippen LogP contribution in [-0.4, -0.2) is 33.6 Å². The van der Waals surface area contributed by atoms with Crippen LogP contribution in [0.15, 0.2) is 70.6 Å². The van der Waals surface area contributed by atoms with Gasteiger partial charge in [0.05, 0.1) is 26.2 Å². The number of hydrogen-bond acceptors (Lipinski definition) is 5. The van der Waals surface area contributed by atoms with Crippen LogP contribution in [0, 0.1) is 5.82 Å². The van der Waals surface area contributed by atoms with Crippen LogP contribution in [0.25, 0.3) is 6.08 Å². The molecule has 1 aliphatic rings. The molecule has 1 saturated heterocycles. The molecular weight excluding hydrogens is 526 g/mol. The van der Waals surface area contributed by atoms with Crippen LogP contribution in [0.4, 0.5) is 10.1 Å². The van der Waals surface area contributed by atoms with Gasteiger partial charge in [-0.05, 0) is 84.4 Å². The first-order valence-corrected chi connectivity index (χ1v) is 12.3. The Morgan fingerprint density at radius 2 is 1.75 bits per heavy atom. The average Bonchev–Trinajstić information content (AvgIpc) is 3.13. The molecule has 0 radical (unpaired) electrons. The molecule has 0 saturated carbocycles. The second-order valence-electron chi connectivity index (χ2n) is 7.64. The minimum atomic E-state index is -1.02. The lowest BCUT2D eigenvalue weighted by Gasteiger charge is -2.12. The van der Waals surface area contributed by atoms with Gasteiger partial charge in [-0.2, -0.15) is 0 Å². The summed E-state index contributed by atoms with van der Waals surface area (Å²) in [6, 6.07) is 15.3. The molecule has 3 aromatic rings. The summed E-state index contributed by atoms with van der Waals surface area (Å²) >= 11 is 14.0. The van der Waals surface area contributed by atoms with Gasteiger partial charge in [-0.1, -0.05) is 35.3 Å². The third kappa shape index (κ3) is 5.90. The first-order chi connectivity index (χ1) is 17.2. The van der Waals surface area contributed by atoms with Gasteiger partial charge in [0, 0.05) is 6.54 Å². The monoisotopic (exact) mass is 544 g/mol. The van der Waals surface area contributed by atoms with Crippen molar-refractivity contribution in [3.8, 4) is 5.75 Å². The Morgan fingerprint density at radius 3 is 2.33 bits per heavy atom. The number of nitrogens with zero attached hydrogens (tertiary/aromatic N) is 2. The van der Waals surface area contributed by atoms with Crippen molar-refractivity contribution >= 4 is 63.8 Å². The summed E-state index contributed by atoms with van der Waals surface area (Å²) in [6.45, 7) is 2.41. The lowest BCUT2D eigenvalue weighted by molar-refractivity contribution is -0.122. The predicted molar refractivity (Wildman–Crippen MR) is 141 cm³/mol. The Morgan fingerprint density at radius 1 is 1.11 bits per heavy atom. The molecule has 0 aliphatic carbocycles. The van der Waals surface area contributed by atoms with Crippen molar-refractivity contribution in [2.45, 2.75) is 13.5 Å². The van der Waals surface area contributed by atoms with E-state index in [1.807, 2.05) is 6.92 Å². The number of thioether (sulfide) groups is 1. The number of hydrogen-bond donors (Lipinski definition) is 1. The van der Waals surface area contributed by atoms with Crippen LogP contribution < -0.4 is 4.74 Å². The number of benzene rings is 3. The molecule has 4 rings (SSSR count). The number of carbonyl (C=O) groups excluding carboxylic acids is 1. The number of aromatic carboxylic acids is 1. The standard InChI is InChI=1S/C26H19Cl2FN2O4S/c1-2-31-24(32)22(36-26(31)30-19-9-5-17(6-10-19)25(33)34)13-16-11-20(27)23(21(28)12-16)35-14-15-3-7-18(29)8-4-15/h3-13H,2,14H2,1H3,(H,33,34). The van der Waals surface area contributed by atoms with Gasteiger partial charge in [0.1, 0.15) is 12.4 Å². The molecule has 0 bridgehead atoms. The number of amides is 1. The zero-order valence-corrected chi connectivity index (χ0v) is 21.2. The number of carboxylic acid groups (broad SMARTS) is 1. The maximum Gasteiger partial charge on any atom is 0.335 e. The number of likely N-dealkylation sites (N-methyl/N-ethyl adjacent to an activating group) is 1. The largest absolute Gasteiger partial charge is 0.486 e. The number of amidine groups is 1. The minimum Gasteiger partial charge on any atom is -0.486 e. The van der Waals surface area contributed by atoms with E-state index < -0.39 is 5.97 Å². The van der Waals surface area contributed by atoms with Gasteiger partial charge in [0.25, 0.3) is 5.91 Å². The van der Waals surface area contributed by atoms with Crippen molar-refractivity contribution in [1.82, 2.24) is 4.90 Å². The lowest BCUT2D eigenvalue weighted by atomic mass is 10.2. The molecule has 10 heteroatoms. The first-order valence-electron chi connectivity index (χ1n) is 10.7. The van der Waals surface area contributed by atoms with Gasteiger partial charge in [0.15, 0.2) is 10.9 Å². The van der Waals surface area contributed by atoms with E-state index in [1.165, 1.54) is 40.9 Å². The van der Waals surface area contributed by atoms with E-state index in [0.29, 0.717) is 27.9 Å². The number of halogens is 3. The Hall–Kier alpha value is -3.33. The topological polar surface area (TPSA) is 79.2 Å². The normalized spacial score (nSPS) is 15.7. The lowest BCUT2D eigenvalue weighted by Crippen LogP contribution is -2.28. The molecular formula is C26H19Cl2FN2O4S. The zero-order chi connectivity index (χ0) is 25.8. The Kier molecular flexibility index (Phi) is 7.98. The summed E-state index contributed by atoms with van der Waals surface area (Å²) < 4.78 is 18.8. The van der Waals surface area contributed by atoms with E-state index in [9.17, 15) is 14.0 Å². The smallest absolute Gasteiger partial charge is 0.335 e. The first kappa shape index (κ1) is 25.8. The minimum absolute atomic E-state index is 0.154. The molecule has 0 aromatic heterocycles. The van der Waals surface area contributed by atoms with Crippen LogP contribution in [0.3, 0.4) is 0 Å². The van der Waals surface area contributed by atoms with E-state index in [1.54, 1.807) is 42.5 Å². The molecule has 3 aromatic carbocycles. The molecule has 1 fully saturated rings. The van der Waals surface area contributed by atoms with Crippen LogP contribution in [0.1, 0.15) is 28.4 Å². The molecule has 0 spiro atoms. The number of rotatable bonds is 7. The summed E-state index contributed by atoms with van der Waals surface area (Å²) in [5, 5.41) is 10.1. The van der Waals surface area contributed by atoms with Gasteiger partial charge >= 0.3 is 5.97 Å². The molecule has 36 heavy (non-hydrogen) atoms. The van der Waals surface area contributed by atoms with Crippen LogP contribution in [-0.2, 0) is 11.4 Å². The predicted octanol–water partition coefficient (Wildman–Crippen LogP) is 7.03. The van der Waals surface area contributed by atoms with Crippen molar-refractivity contribution in [3.05, 3.63) is 98.1 Å². The van der Waals surface area contributed by atoms with Gasteiger partial charge in [-0.15, -0.1) is 0 Å². The van der Waals surface area contributed by atoms with E-state index in [0.717, 1.165) is 5.56 Å². The second kappa shape index (κ2) is 11.2. The maximum atomic E-state index is 13.1. The number of carboxylic acids is 1. The average molecular weight is 545 g/mol. The molecule has 1 N–H and O–H groups in total.